The second-order valence-electron chi connectivity index (χ2n) is 12.0. The Morgan fingerprint density at radius 2 is 1.03 bits per heavy atom. The van der Waals surface area contributed by atoms with Gasteiger partial charge in [-0.2, -0.15) is 0 Å². The van der Waals surface area contributed by atoms with Gasteiger partial charge in [-0.05, 0) is 49.1 Å². The highest BCUT2D eigenvalue weighted by molar-refractivity contribution is 5.83. The Balaban J connectivity index is 0.00000648. The maximum absolute atomic E-state index is 5.96. The van der Waals surface area contributed by atoms with Crippen molar-refractivity contribution in [1.29, 1.82) is 0 Å². The van der Waals surface area contributed by atoms with Crippen LogP contribution in [-0.4, -0.2) is 69.9 Å². The van der Waals surface area contributed by atoms with Crippen LogP contribution < -0.4 is 38.7 Å². The zero-order chi connectivity index (χ0) is 25.4. The molecule has 37 heavy (non-hydrogen) atoms. The first-order valence-corrected chi connectivity index (χ1v) is 14.6. The summed E-state index contributed by atoms with van der Waals surface area (Å²) in [6.45, 7) is 8.26. The van der Waals surface area contributed by atoms with Crippen LogP contribution in [0.4, 0.5) is 0 Å². The summed E-state index contributed by atoms with van der Waals surface area (Å²) in [4.78, 5) is 0. The Labute approximate surface area is 250 Å². The van der Waals surface area contributed by atoms with Crippen LogP contribution in [0.3, 0.4) is 0 Å². The first-order valence-electron chi connectivity index (χ1n) is 14.6. The fourth-order valence-electron chi connectivity index (χ4n) is 4.67. The Bertz CT molecular complexity index is 825. The molecule has 2 aromatic rings. The Morgan fingerprint density at radius 3 is 1.59 bits per heavy atom. The number of unbranched alkanes of at least 4 members (excludes halogenated alkanes) is 11. The van der Waals surface area contributed by atoms with Gasteiger partial charge in [0, 0.05) is 0 Å². The lowest BCUT2D eigenvalue weighted by molar-refractivity contribution is -0.945. The lowest BCUT2D eigenvalue weighted by Crippen LogP contribution is -3.00. The second-order valence-corrected chi connectivity index (χ2v) is 12.0. The molecule has 0 bridgehead atoms. The van der Waals surface area contributed by atoms with E-state index in [0.29, 0.717) is 0 Å². The van der Waals surface area contributed by atoms with Gasteiger partial charge in [0.15, 0.2) is 0 Å². The maximum Gasteiger partial charge on any atom is 0.128 e. The van der Waals surface area contributed by atoms with Crippen molar-refractivity contribution >= 4 is 10.8 Å². The molecule has 0 amide bonds. The summed E-state index contributed by atoms with van der Waals surface area (Å²) < 4.78 is 8.28. The molecule has 214 valence electrons. The molecular weight excluding hydrogens is 588 g/mol. The molecule has 0 fully saturated rings. The SMILES string of the molecule is CC[N+](C)(C)CC[N+](C)(C)CCCCCCCCCCCCCCOc1ccc2ccccc2c1.[Br-].[Br-]. The van der Waals surface area contributed by atoms with Gasteiger partial charge in [0.2, 0.25) is 0 Å². The fourth-order valence-corrected chi connectivity index (χ4v) is 4.67. The van der Waals surface area contributed by atoms with E-state index in [-0.39, 0.29) is 34.0 Å². The monoisotopic (exact) mass is 642 g/mol. The van der Waals surface area contributed by atoms with Gasteiger partial charge in [0.05, 0.1) is 47.9 Å². The molecule has 0 aromatic heterocycles. The number of nitrogens with zero attached hydrogens (tertiary/aromatic N) is 2. The van der Waals surface area contributed by atoms with Gasteiger partial charge >= 0.3 is 0 Å². The summed E-state index contributed by atoms with van der Waals surface area (Å²) in [6, 6.07) is 14.9. The van der Waals surface area contributed by atoms with Crippen molar-refractivity contribution in [2.24, 2.45) is 0 Å². The smallest absolute Gasteiger partial charge is 0.128 e. The summed E-state index contributed by atoms with van der Waals surface area (Å²) in [5.74, 6) is 1.00. The summed E-state index contributed by atoms with van der Waals surface area (Å²) in [7, 11) is 9.52. The minimum Gasteiger partial charge on any atom is -1.00 e. The minimum atomic E-state index is 0. The van der Waals surface area contributed by atoms with Crippen molar-refractivity contribution in [2.45, 2.75) is 84.0 Å². The number of hydrogen-bond donors (Lipinski definition) is 0. The number of hydrogen-bond acceptors (Lipinski definition) is 1. The van der Waals surface area contributed by atoms with E-state index in [0.717, 1.165) is 23.3 Å². The van der Waals surface area contributed by atoms with Crippen LogP contribution in [-0.2, 0) is 0 Å². The van der Waals surface area contributed by atoms with E-state index in [4.69, 9.17) is 4.74 Å². The van der Waals surface area contributed by atoms with Gasteiger partial charge in [-0.25, -0.2) is 0 Å². The molecule has 2 aromatic carbocycles. The molecule has 0 saturated carbocycles. The highest BCUT2D eigenvalue weighted by atomic mass is 79.9. The van der Waals surface area contributed by atoms with Gasteiger partial charge in [0.25, 0.3) is 0 Å². The van der Waals surface area contributed by atoms with Crippen molar-refractivity contribution in [3.63, 3.8) is 0 Å². The molecule has 0 radical (unpaired) electrons. The maximum atomic E-state index is 5.96. The number of halogens is 2. The van der Waals surface area contributed by atoms with Crippen LogP contribution in [0.5, 0.6) is 5.75 Å². The van der Waals surface area contributed by atoms with Crippen LogP contribution in [0.15, 0.2) is 42.5 Å². The Kier molecular flexibility index (Phi) is 20.0. The third-order valence-corrected chi connectivity index (χ3v) is 7.81. The molecule has 0 N–H and O–H groups in total. The molecule has 0 aliphatic heterocycles. The highest BCUT2D eigenvalue weighted by Gasteiger charge is 2.20. The number of rotatable bonds is 20. The summed E-state index contributed by atoms with van der Waals surface area (Å²) in [6.07, 6.45) is 16.5. The molecule has 0 atom stereocenters. The standard InChI is InChI=1S/C32H56N2O.2BrH/c1-6-33(2,3)26-27-34(4,5)25-19-15-13-11-9-7-8-10-12-14-16-20-28-35-32-24-23-30-21-17-18-22-31(30)29-32;;/h17-18,21-24,29H,6-16,19-20,25-28H2,1-5H3;2*1H/q+2;;/p-2. The second kappa shape index (κ2) is 20.3. The average molecular weight is 645 g/mol. The van der Waals surface area contributed by atoms with E-state index in [9.17, 15) is 0 Å². The van der Waals surface area contributed by atoms with Gasteiger partial charge in [-0.1, -0.05) is 88.1 Å². The molecule has 0 unspecified atom stereocenters. The summed E-state index contributed by atoms with van der Waals surface area (Å²) >= 11 is 0. The first kappa shape index (κ1) is 36.4. The molecular formula is C32H56Br2N2O. The molecule has 0 aliphatic carbocycles. The minimum absolute atomic E-state index is 0. The highest BCUT2D eigenvalue weighted by Crippen LogP contribution is 2.21. The third kappa shape index (κ3) is 16.8. The molecule has 0 heterocycles. The van der Waals surface area contributed by atoms with Crippen molar-refractivity contribution < 1.29 is 47.7 Å². The molecule has 0 saturated heterocycles. The molecule has 3 nitrogen and oxygen atoms in total. The van der Waals surface area contributed by atoms with Crippen LogP contribution in [0, 0.1) is 0 Å². The zero-order valence-electron chi connectivity index (χ0n) is 24.6. The molecule has 2 rings (SSSR count). The number of fused-ring (bicyclic) bond motifs is 1. The van der Waals surface area contributed by atoms with E-state index in [1.807, 2.05) is 0 Å². The zero-order valence-corrected chi connectivity index (χ0v) is 27.8. The number of benzene rings is 2. The number of quaternary nitrogens is 2. The molecule has 5 heteroatoms. The van der Waals surface area contributed by atoms with E-state index in [2.05, 4.69) is 77.6 Å². The quantitative estimate of drug-likeness (QED) is 0.159. The molecule has 0 spiro atoms. The van der Waals surface area contributed by atoms with E-state index in [1.165, 1.54) is 112 Å². The first-order chi connectivity index (χ1) is 16.8. The Hall–Kier alpha value is -0.620. The van der Waals surface area contributed by atoms with Crippen molar-refractivity contribution in [1.82, 2.24) is 0 Å². The third-order valence-electron chi connectivity index (χ3n) is 7.81. The van der Waals surface area contributed by atoms with Crippen LogP contribution in [0.25, 0.3) is 10.8 Å². The predicted octanol–water partition coefficient (Wildman–Crippen LogP) is 2.08. The van der Waals surface area contributed by atoms with Crippen LogP contribution in [0.2, 0.25) is 0 Å². The largest absolute Gasteiger partial charge is 1.00 e. The Morgan fingerprint density at radius 1 is 0.541 bits per heavy atom. The predicted molar refractivity (Wildman–Crippen MR) is 154 cm³/mol. The van der Waals surface area contributed by atoms with Crippen molar-refractivity contribution in [3.05, 3.63) is 42.5 Å². The van der Waals surface area contributed by atoms with Gasteiger partial charge in [-0.3, -0.25) is 0 Å². The molecule has 0 aliphatic rings. The van der Waals surface area contributed by atoms with E-state index < -0.39 is 0 Å². The van der Waals surface area contributed by atoms with Gasteiger partial charge in [0.1, 0.15) is 18.8 Å². The van der Waals surface area contributed by atoms with Crippen LogP contribution >= 0.6 is 0 Å². The fraction of sp³-hybridized carbons (Fsp3) is 0.688. The van der Waals surface area contributed by atoms with Gasteiger partial charge in [-0.15, -0.1) is 0 Å². The summed E-state index contributed by atoms with van der Waals surface area (Å²) in [5.41, 5.74) is 0. The topological polar surface area (TPSA) is 9.23 Å². The normalized spacial score (nSPS) is 11.7. The lowest BCUT2D eigenvalue weighted by atomic mass is 10.0. The van der Waals surface area contributed by atoms with Crippen molar-refractivity contribution in [2.75, 3.05) is 61.0 Å². The van der Waals surface area contributed by atoms with E-state index in [1.54, 1.807) is 0 Å². The number of ether oxygens (including phenoxy) is 1. The number of likely N-dealkylation sites (N-methyl/N-ethyl adjacent to an activating group) is 2. The van der Waals surface area contributed by atoms with Gasteiger partial charge < -0.3 is 47.7 Å². The van der Waals surface area contributed by atoms with Crippen molar-refractivity contribution in [3.8, 4) is 5.75 Å². The lowest BCUT2D eigenvalue weighted by Gasteiger charge is -2.35. The summed E-state index contributed by atoms with van der Waals surface area (Å²) in [5, 5.41) is 2.54. The van der Waals surface area contributed by atoms with Crippen LogP contribution in [0.1, 0.15) is 84.0 Å². The average Bonchev–Trinajstić information content (AvgIpc) is 2.85. The van der Waals surface area contributed by atoms with E-state index >= 15 is 0 Å².